The van der Waals surface area contributed by atoms with E-state index in [0.717, 1.165) is 0 Å². The van der Waals surface area contributed by atoms with Crippen LogP contribution in [0.4, 0.5) is 0 Å². The molecule has 0 amide bonds. The molecule has 0 aromatic rings. The normalized spacial score (nSPS) is 22.1. The fourth-order valence-corrected chi connectivity index (χ4v) is 41.0. The van der Waals surface area contributed by atoms with Crippen LogP contribution in [-0.2, 0) is 0 Å². The topological polar surface area (TPSA) is 0 Å². The van der Waals surface area contributed by atoms with Gasteiger partial charge in [0.1, 0.15) is 0 Å². The third kappa shape index (κ3) is 4.29. The molecule has 0 heterocycles. The summed E-state index contributed by atoms with van der Waals surface area (Å²) in [4.78, 5) is 0. The van der Waals surface area contributed by atoms with E-state index in [2.05, 4.69) is 72.9 Å². The van der Waals surface area contributed by atoms with E-state index < -0.39 is 13.1 Å². The van der Waals surface area contributed by atoms with Gasteiger partial charge < -0.3 is 0 Å². The monoisotopic (exact) mass is 446 g/mol. The van der Waals surface area contributed by atoms with Crippen LogP contribution in [0.15, 0.2) is 72.9 Å². The van der Waals surface area contributed by atoms with E-state index in [1.165, 1.54) is 0 Å². The van der Waals surface area contributed by atoms with Crippen LogP contribution < -0.4 is 0 Å². The third-order valence-electron chi connectivity index (χ3n) is 2.97. The first kappa shape index (κ1) is 15.5. The van der Waals surface area contributed by atoms with Gasteiger partial charge >= 0.3 is 138 Å². The van der Waals surface area contributed by atoms with Crippen molar-refractivity contribution in [3.8, 4) is 0 Å². The first-order chi connectivity index (χ1) is 9.73. The Bertz CT molecular complexity index is 423. The Labute approximate surface area is 136 Å². The fourth-order valence-electron chi connectivity index (χ4n) is 2.04. The van der Waals surface area contributed by atoms with E-state index >= 15 is 0 Å². The quantitative estimate of drug-likeness (QED) is 0.506. The zero-order valence-corrected chi connectivity index (χ0v) is 16.8. The van der Waals surface area contributed by atoms with Crippen LogP contribution in [-0.4, -0.2) is 28.9 Å². The van der Waals surface area contributed by atoms with E-state index in [-0.39, 0.29) is 0 Å². The van der Waals surface area contributed by atoms with Gasteiger partial charge in [0.25, 0.3) is 0 Å². The summed E-state index contributed by atoms with van der Waals surface area (Å²) >= 11 is -2.87. The van der Waals surface area contributed by atoms with Gasteiger partial charge in [-0.15, -0.1) is 0 Å². The van der Waals surface area contributed by atoms with Gasteiger partial charge in [0.2, 0.25) is 0 Å². The minimum atomic E-state index is -2.87. The zero-order valence-electron chi connectivity index (χ0n) is 10.8. The SMILES string of the molecule is [Cl][Sn]([S]C1C=CC=C1)([S]C1C=CC=C1)[S]C1C=CC=C1. The molecule has 5 heteroatoms. The molecule has 0 nitrogen and oxygen atoms in total. The van der Waals surface area contributed by atoms with Gasteiger partial charge in [-0.3, -0.25) is 0 Å². The van der Waals surface area contributed by atoms with Crippen molar-refractivity contribution < 1.29 is 0 Å². The van der Waals surface area contributed by atoms with Crippen molar-refractivity contribution in [3.05, 3.63) is 72.9 Å². The molecule has 20 heavy (non-hydrogen) atoms. The van der Waals surface area contributed by atoms with Gasteiger partial charge in [0, 0.05) is 0 Å². The molecule has 0 saturated carbocycles. The Hall–Kier alpha value is 0.579. The van der Waals surface area contributed by atoms with Crippen molar-refractivity contribution in [2.45, 2.75) is 15.7 Å². The second-order valence-corrected chi connectivity index (χ2v) is 41.5. The van der Waals surface area contributed by atoms with E-state index in [1.54, 1.807) is 0 Å². The van der Waals surface area contributed by atoms with Crippen LogP contribution in [0, 0.1) is 0 Å². The summed E-state index contributed by atoms with van der Waals surface area (Å²) < 4.78 is 0. The van der Waals surface area contributed by atoms with Crippen molar-refractivity contribution in [1.82, 2.24) is 0 Å². The molecular formula is C15H15ClS3Sn. The summed E-state index contributed by atoms with van der Waals surface area (Å²) in [5.41, 5.74) is 0. The molecule has 0 spiro atoms. The number of rotatable bonds is 6. The van der Waals surface area contributed by atoms with Crippen LogP contribution in [0.2, 0.25) is 0 Å². The Balaban J connectivity index is 1.69. The molecule has 3 rings (SSSR count). The van der Waals surface area contributed by atoms with Crippen molar-refractivity contribution in [3.63, 3.8) is 0 Å². The summed E-state index contributed by atoms with van der Waals surface area (Å²) in [6, 6.07) is 0. The maximum absolute atomic E-state index is 7.17. The minimum absolute atomic E-state index is 0.465. The Morgan fingerprint density at radius 2 is 0.800 bits per heavy atom. The Kier molecular flexibility index (Phi) is 5.59. The van der Waals surface area contributed by atoms with Crippen molar-refractivity contribution in [2.75, 3.05) is 0 Å². The van der Waals surface area contributed by atoms with E-state index in [0.29, 0.717) is 15.7 Å². The Morgan fingerprint density at radius 1 is 0.550 bits per heavy atom. The molecule has 0 unspecified atom stereocenters. The summed E-state index contributed by atoms with van der Waals surface area (Å²) in [6.07, 6.45) is 26.3. The predicted octanol–water partition coefficient (Wildman–Crippen LogP) is 5.34. The zero-order chi connectivity index (χ0) is 13.8. The molecule has 104 valence electrons. The number of hydrogen-bond acceptors (Lipinski definition) is 3. The molecule has 0 atom stereocenters. The van der Waals surface area contributed by atoms with Gasteiger partial charge in [0.15, 0.2) is 0 Å². The van der Waals surface area contributed by atoms with Gasteiger partial charge in [-0.05, 0) is 0 Å². The van der Waals surface area contributed by atoms with E-state index in [1.807, 2.05) is 26.8 Å². The first-order valence-electron chi connectivity index (χ1n) is 6.51. The molecular weight excluding hydrogens is 431 g/mol. The number of hydrogen-bond donors (Lipinski definition) is 0. The van der Waals surface area contributed by atoms with Crippen molar-refractivity contribution in [1.29, 1.82) is 0 Å². The molecule has 3 aliphatic rings. The molecule has 0 bridgehead atoms. The van der Waals surface area contributed by atoms with Gasteiger partial charge in [-0.25, -0.2) is 0 Å². The van der Waals surface area contributed by atoms with Crippen molar-refractivity contribution in [2.24, 2.45) is 0 Å². The van der Waals surface area contributed by atoms with Crippen LogP contribution in [0.25, 0.3) is 0 Å². The third-order valence-corrected chi connectivity index (χ3v) is 36.8. The molecule has 0 aliphatic heterocycles. The molecule has 0 aromatic carbocycles. The van der Waals surface area contributed by atoms with E-state index in [9.17, 15) is 0 Å². The second-order valence-electron chi connectivity index (χ2n) is 4.54. The first-order valence-corrected chi connectivity index (χ1v) is 23.2. The summed E-state index contributed by atoms with van der Waals surface area (Å²) in [6.45, 7) is 0. The van der Waals surface area contributed by atoms with E-state index in [4.69, 9.17) is 8.92 Å². The fraction of sp³-hybridized carbons (Fsp3) is 0.200. The summed E-state index contributed by atoms with van der Waals surface area (Å²) in [5.74, 6) is 0. The van der Waals surface area contributed by atoms with Gasteiger partial charge in [0.05, 0.1) is 0 Å². The molecule has 0 saturated heterocycles. The van der Waals surface area contributed by atoms with Crippen LogP contribution in [0.3, 0.4) is 0 Å². The van der Waals surface area contributed by atoms with Gasteiger partial charge in [-0.2, -0.15) is 0 Å². The van der Waals surface area contributed by atoms with Crippen LogP contribution in [0.5, 0.6) is 0 Å². The summed E-state index contributed by atoms with van der Waals surface area (Å²) in [7, 11) is 13.2. The average Bonchev–Trinajstić information content (AvgIpc) is 3.11. The van der Waals surface area contributed by atoms with Gasteiger partial charge in [-0.1, -0.05) is 0 Å². The predicted molar refractivity (Wildman–Crippen MR) is 101 cm³/mol. The maximum atomic E-state index is 7.17. The number of halogens is 1. The molecule has 0 radical (unpaired) electrons. The van der Waals surface area contributed by atoms with Crippen molar-refractivity contribution >= 4 is 48.9 Å². The number of allylic oxidation sites excluding steroid dienone is 6. The molecule has 0 N–H and O–H groups in total. The van der Waals surface area contributed by atoms with Crippen LogP contribution in [0.1, 0.15) is 0 Å². The van der Waals surface area contributed by atoms with Crippen LogP contribution >= 0.6 is 35.8 Å². The molecule has 3 aliphatic carbocycles. The Morgan fingerprint density at radius 3 is 1.05 bits per heavy atom. The standard InChI is InChI=1S/3C5H6S.ClH.Sn/c3*6-5-3-1-2-4-5;;/h3*1-6H;1H;/q;;;;+4/p-4. The second kappa shape index (κ2) is 7.23. The molecule has 0 fully saturated rings. The molecule has 0 aromatic heterocycles. The summed E-state index contributed by atoms with van der Waals surface area (Å²) in [5, 5.41) is 1.39. The average molecular weight is 446 g/mol.